The molecule has 0 aliphatic heterocycles. The molecule has 3 aromatic rings. The highest BCUT2D eigenvalue weighted by Crippen LogP contribution is 2.29. The van der Waals surface area contributed by atoms with Crippen LogP contribution >= 0.6 is 0 Å². The summed E-state index contributed by atoms with van der Waals surface area (Å²) in [4.78, 5) is 4.78. The predicted octanol–water partition coefficient (Wildman–Crippen LogP) is 7.22. The van der Waals surface area contributed by atoms with E-state index in [1.807, 2.05) is 0 Å². The molecule has 0 radical (unpaired) electrons. The fourth-order valence-electron chi connectivity index (χ4n) is 3.92. The third-order valence-corrected chi connectivity index (χ3v) is 5.72. The average Bonchev–Trinajstić information content (AvgIpc) is 2.81. The quantitative estimate of drug-likeness (QED) is 0.351. The fourth-order valence-corrected chi connectivity index (χ4v) is 3.92. The Morgan fingerprint density at radius 2 is 1.23 bits per heavy atom. The van der Waals surface area contributed by atoms with Gasteiger partial charge in [-0.25, -0.2) is 0 Å². The van der Waals surface area contributed by atoms with E-state index in [4.69, 9.17) is 0 Å². The van der Waals surface area contributed by atoms with Crippen molar-refractivity contribution in [2.75, 3.05) is 36.0 Å². The highest BCUT2D eigenvalue weighted by atomic mass is 15.1. The van der Waals surface area contributed by atoms with Crippen LogP contribution in [0.1, 0.15) is 38.8 Å². The fraction of sp³-hybridized carbons (Fsp3) is 0.286. The number of benzene rings is 3. The normalized spacial score (nSPS) is 11.1. The molecule has 0 aliphatic carbocycles. The van der Waals surface area contributed by atoms with Crippen molar-refractivity contribution in [2.24, 2.45) is 0 Å². The monoisotopic (exact) mass is 398 g/mol. The lowest BCUT2D eigenvalue weighted by Crippen LogP contribution is -2.22. The Morgan fingerprint density at radius 3 is 1.83 bits per heavy atom. The van der Waals surface area contributed by atoms with Crippen molar-refractivity contribution in [3.8, 4) is 11.1 Å². The first kappa shape index (κ1) is 21.7. The van der Waals surface area contributed by atoms with E-state index in [2.05, 4.69) is 122 Å². The molecule has 0 amide bonds. The summed E-state index contributed by atoms with van der Waals surface area (Å²) in [5.74, 6) is 0. The Bertz CT molecular complexity index is 934. The molecule has 0 aliphatic rings. The molecule has 156 valence electrons. The third kappa shape index (κ3) is 5.13. The van der Waals surface area contributed by atoms with Gasteiger partial charge in [-0.2, -0.15) is 0 Å². The standard InChI is InChI=1S/C28H34N2/c1-5-29(6-2)27-19-15-23(16-20-27)14-17-26-22-25(24-12-10-9-11-13-24)18-21-28(26)30(7-3)8-4/h9-22H,5-8H2,1-4H3. The molecule has 3 aromatic carbocycles. The van der Waals surface area contributed by atoms with Gasteiger partial charge in [-0.1, -0.05) is 60.7 Å². The summed E-state index contributed by atoms with van der Waals surface area (Å²) in [6.07, 6.45) is 4.48. The van der Waals surface area contributed by atoms with Crippen LogP contribution in [0.3, 0.4) is 0 Å². The first-order chi connectivity index (χ1) is 14.7. The summed E-state index contributed by atoms with van der Waals surface area (Å²) < 4.78 is 0. The summed E-state index contributed by atoms with van der Waals surface area (Å²) in [6, 6.07) is 26.3. The summed E-state index contributed by atoms with van der Waals surface area (Å²) >= 11 is 0. The van der Waals surface area contributed by atoms with Crippen molar-refractivity contribution >= 4 is 23.5 Å². The molecule has 2 heteroatoms. The van der Waals surface area contributed by atoms with E-state index in [1.54, 1.807) is 0 Å². The SMILES string of the molecule is CCN(CC)c1ccc(C=Cc2cc(-c3ccccc3)ccc2N(CC)CC)cc1. The minimum Gasteiger partial charge on any atom is -0.372 e. The van der Waals surface area contributed by atoms with E-state index in [9.17, 15) is 0 Å². The lowest BCUT2D eigenvalue weighted by Gasteiger charge is -2.24. The first-order valence-corrected chi connectivity index (χ1v) is 11.2. The van der Waals surface area contributed by atoms with Crippen LogP contribution in [0.2, 0.25) is 0 Å². The van der Waals surface area contributed by atoms with Crippen molar-refractivity contribution in [3.05, 3.63) is 83.9 Å². The second-order valence-corrected chi connectivity index (χ2v) is 7.41. The second kappa shape index (κ2) is 10.7. The van der Waals surface area contributed by atoms with Gasteiger partial charge in [0.2, 0.25) is 0 Å². The van der Waals surface area contributed by atoms with Gasteiger partial charge in [-0.3, -0.25) is 0 Å². The lowest BCUT2D eigenvalue weighted by atomic mass is 10.0. The van der Waals surface area contributed by atoms with Crippen molar-refractivity contribution in [3.63, 3.8) is 0 Å². The molecule has 0 atom stereocenters. The molecule has 0 N–H and O–H groups in total. The Kier molecular flexibility index (Phi) is 7.73. The van der Waals surface area contributed by atoms with Crippen LogP contribution in [-0.2, 0) is 0 Å². The summed E-state index contributed by atoms with van der Waals surface area (Å²) in [7, 11) is 0. The number of nitrogens with zero attached hydrogens (tertiary/aromatic N) is 2. The van der Waals surface area contributed by atoms with Gasteiger partial charge in [0.1, 0.15) is 0 Å². The van der Waals surface area contributed by atoms with Gasteiger partial charge >= 0.3 is 0 Å². The van der Waals surface area contributed by atoms with E-state index in [0.717, 1.165) is 26.2 Å². The Hall–Kier alpha value is -3.00. The largest absolute Gasteiger partial charge is 0.372 e. The van der Waals surface area contributed by atoms with E-state index in [-0.39, 0.29) is 0 Å². The van der Waals surface area contributed by atoms with Crippen molar-refractivity contribution < 1.29 is 0 Å². The van der Waals surface area contributed by atoms with Gasteiger partial charge in [-0.15, -0.1) is 0 Å². The molecule has 30 heavy (non-hydrogen) atoms. The third-order valence-electron chi connectivity index (χ3n) is 5.72. The Morgan fingerprint density at radius 1 is 0.600 bits per heavy atom. The maximum atomic E-state index is 2.41. The Labute approximate surface area is 182 Å². The highest BCUT2D eigenvalue weighted by Gasteiger charge is 2.09. The van der Waals surface area contributed by atoms with Crippen LogP contribution < -0.4 is 9.80 Å². The molecule has 0 spiro atoms. The molecule has 0 fully saturated rings. The zero-order valence-corrected chi connectivity index (χ0v) is 18.8. The van der Waals surface area contributed by atoms with Gasteiger partial charge in [0.15, 0.2) is 0 Å². The lowest BCUT2D eigenvalue weighted by molar-refractivity contribution is 0.865. The molecule has 3 rings (SSSR count). The maximum absolute atomic E-state index is 2.41. The molecule has 0 saturated heterocycles. The van der Waals surface area contributed by atoms with Gasteiger partial charge in [0.05, 0.1) is 0 Å². The van der Waals surface area contributed by atoms with Crippen molar-refractivity contribution in [2.45, 2.75) is 27.7 Å². The van der Waals surface area contributed by atoms with Crippen molar-refractivity contribution in [1.82, 2.24) is 0 Å². The second-order valence-electron chi connectivity index (χ2n) is 7.41. The molecule has 0 heterocycles. The minimum atomic E-state index is 1.00. The highest BCUT2D eigenvalue weighted by molar-refractivity contribution is 5.81. The maximum Gasteiger partial charge on any atom is 0.0440 e. The van der Waals surface area contributed by atoms with Gasteiger partial charge in [0.25, 0.3) is 0 Å². The van der Waals surface area contributed by atoms with Gasteiger partial charge in [0, 0.05) is 37.6 Å². The summed E-state index contributed by atoms with van der Waals surface area (Å²) in [6.45, 7) is 12.9. The molecule has 0 bridgehead atoms. The molecule has 0 saturated carbocycles. The van der Waals surface area contributed by atoms with E-state index in [1.165, 1.54) is 33.6 Å². The smallest absolute Gasteiger partial charge is 0.0440 e. The van der Waals surface area contributed by atoms with E-state index in [0.29, 0.717) is 0 Å². The number of anilines is 2. The van der Waals surface area contributed by atoms with E-state index >= 15 is 0 Å². The van der Waals surface area contributed by atoms with Crippen molar-refractivity contribution in [1.29, 1.82) is 0 Å². The summed E-state index contributed by atoms with van der Waals surface area (Å²) in [5.41, 5.74) is 7.56. The number of hydrogen-bond donors (Lipinski definition) is 0. The van der Waals surface area contributed by atoms with Crippen LogP contribution in [-0.4, -0.2) is 26.2 Å². The minimum absolute atomic E-state index is 1.00. The predicted molar refractivity (Wildman–Crippen MR) is 134 cm³/mol. The van der Waals surface area contributed by atoms with Gasteiger partial charge < -0.3 is 9.80 Å². The number of rotatable bonds is 9. The van der Waals surface area contributed by atoms with E-state index < -0.39 is 0 Å². The van der Waals surface area contributed by atoms with Crippen LogP contribution in [0.15, 0.2) is 72.8 Å². The first-order valence-electron chi connectivity index (χ1n) is 11.2. The molecule has 0 unspecified atom stereocenters. The van der Waals surface area contributed by atoms with Crippen LogP contribution in [0.25, 0.3) is 23.3 Å². The van der Waals surface area contributed by atoms with Crippen LogP contribution in [0.4, 0.5) is 11.4 Å². The van der Waals surface area contributed by atoms with Crippen LogP contribution in [0, 0.1) is 0 Å². The molecular formula is C28H34N2. The Balaban J connectivity index is 1.94. The van der Waals surface area contributed by atoms with Gasteiger partial charge in [-0.05, 0) is 74.2 Å². The topological polar surface area (TPSA) is 6.48 Å². The number of hydrogen-bond acceptors (Lipinski definition) is 2. The molecule has 2 nitrogen and oxygen atoms in total. The average molecular weight is 399 g/mol. The zero-order chi connectivity index (χ0) is 21.3. The zero-order valence-electron chi connectivity index (χ0n) is 18.8. The molecular weight excluding hydrogens is 364 g/mol. The summed E-state index contributed by atoms with van der Waals surface area (Å²) in [5, 5.41) is 0. The van der Waals surface area contributed by atoms with Crippen LogP contribution in [0.5, 0.6) is 0 Å². The molecule has 0 aromatic heterocycles.